The number of carbonyl (C=O) groups is 2. The summed E-state index contributed by atoms with van der Waals surface area (Å²) in [7, 11) is -3.30. The average molecular weight is 376 g/mol. The van der Waals surface area contributed by atoms with E-state index in [2.05, 4.69) is 11.9 Å². The molecule has 140 valence electrons. The fourth-order valence-electron chi connectivity index (χ4n) is 3.73. The molecule has 1 N–H and O–H groups in total. The highest BCUT2D eigenvalue weighted by Crippen LogP contribution is 2.31. The Labute approximate surface area is 154 Å². The zero-order valence-corrected chi connectivity index (χ0v) is 15.5. The van der Waals surface area contributed by atoms with Gasteiger partial charge >= 0.3 is 0 Å². The number of fused-ring (bicyclic) bond motifs is 1. The van der Waals surface area contributed by atoms with Crippen LogP contribution < -0.4 is 5.32 Å². The topological polar surface area (TPSA) is 83.6 Å². The molecule has 0 bridgehead atoms. The maximum Gasteiger partial charge on any atom is 0.245 e. The first-order valence-corrected chi connectivity index (χ1v) is 10.6. The number of benzene rings is 1. The zero-order chi connectivity index (χ0) is 18.7. The lowest BCUT2D eigenvalue weighted by atomic mass is 9.94. The van der Waals surface area contributed by atoms with Gasteiger partial charge in [-0.2, -0.15) is 0 Å². The van der Waals surface area contributed by atoms with Crippen molar-refractivity contribution < 1.29 is 18.0 Å². The van der Waals surface area contributed by atoms with E-state index in [-0.39, 0.29) is 29.5 Å². The smallest absolute Gasteiger partial charge is 0.245 e. The Morgan fingerprint density at radius 1 is 1.15 bits per heavy atom. The van der Waals surface area contributed by atoms with E-state index < -0.39 is 9.84 Å². The number of likely N-dealkylation sites (tertiary alicyclic amines) is 1. The number of nitrogens with one attached hydrogen (secondary N) is 1. The fourth-order valence-corrected chi connectivity index (χ4v) is 5.35. The van der Waals surface area contributed by atoms with E-state index in [9.17, 15) is 18.0 Å². The van der Waals surface area contributed by atoms with Crippen molar-refractivity contribution in [1.82, 2.24) is 10.2 Å². The Balaban J connectivity index is 1.70. The first-order valence-electron chi connectivity index (χ1n) is 8.96. The van der Waals surface area contributed by atoms with E-state index in [4.69, 9.17) is 0 Å². The third-order valence-corrected chi connectivity index (χ3v) is 7.07. The van der Waals surface area contributed by atoms with Crippen LogP contribution in [0.2, 0.25) is 0 Å². The molecular weight excluding hydrogens is 352 g/mol. The van der Waals surface area contributed by atoms with Crippen LogP contribution in [0, 0.1) is 5.92 Å². The standard InChI is InChI=1S/C19H24N2O4S/c1-2-18(22)21-11-9-14(10-12-21)19(23)20-16-7-5-13-26(24,25)17-8-4-3-6-15(16)17/h2-4,6,8,14,16H,1,5,7,9-13H2,(H,20,23). The predicted octanol–water partition coefficient (Wildman–Crippen LogP) is 1.84. The SMILES string of the molecule is C=CC(=O)N1CCC(C(=O)NC2CCCS(=O)(=O)c3ccccc32)CC1. The van der Waals surface area contributed by atoms with E-state index in [0.717, 1.165) is 0 Å². The molecule has 6 nitrogen and oxygen atoms in total. The Bertz CT molecular complexity index is 811. The van der Waals surface area contributed by atoms with Gasteiger partial charge in [0.05, 0.1) is 16.7 Å². The van der Waals surface area contributed by atoms with Crippen molar-refractivity contribution in [3.63, 3.8) is 0 Å². The molecule has 1 saturated heterocycles. The monoisotopic (exact) mass is 376 g/mol. The molecule has 0 aliphatic carbocycles. The Morgan fingerprint density at radius 2 is 1.85 bits per heavy atom. The molecule has 2 amide bonds. The highest BCUT2D eigenvalue weighted by molar-refractivity contribution is 7.91. The number of piperidine rings is 1. The van der Waals surface area contributed by atoms with Crippen LogP contribution in [0.25, 0.3) is 0 Å². The van der Waals surface area contributed by atoms with Crippen LogP contribution in [0.15, 0.2) is 41.8 Å². The normalized spacial score (nSPS) is 22.8. The summed E-state index contributed by atoms with van der Waals surface area (Å²) in [6.07, 6.45) is 3.64. The molecule has 2 heterocycles. The molecule has 0 radical (unpaired) electrons. The third-order valence-electron chi connectivity index (χ3n) is 5.20. The lowest BCUT2D eigenvalue weighted by Gasteiger charge is -2.31. The van der Waals surface area contributed by atoms with Gasteiger partial charge < -0.3 is 10.2 Å². The van der Waals surface area contributed by atoms with E-state index in [0.29, 0.717) is 49.2 Å². The van der Waals surface area contributed by atoms with Gasteiger partial charge in [-0.05, 0) is 43.4 Å². The summed E-state index contributed by atoms with van der Waals surface area (Å²) in [5.41, 5.74) is 0.678. The summed E-state index contributed by atoms with van der Waals surface area (Å²) in [5.74, 6) is -0.212. The van der Waals surface area contributed by atoms with Crippen molar-refractivity contribution in [1.29, 1.82) is 0 Å². The number of sulfone groups is 1. The second kappa shape index (κ2) is 7.61. The Morgan fingerprint density at radius 3 is 2.54 bits per heavy atom. The summed E-state index contributed by atoms with van der Waals surface area (Å²) in [6.45, 7) is 4.57. The van der Waals surface area contributed by atoms with Gasteiger partial charge in [0.1, 0.15) is 0 Å². The molecule has 2 aliphatic heterocycles. The molecule has 0 aromatic heterocycles. The fraction of sp³-hybridized carbons (Fsp3) is 0.474. The lowest BCUT2D eigenvalue weighted by molar-refractivity contribution is -0.132. The number of rotatable bonds is 3. The number of carbonyl (C=O) groups excluding carboxylic acids is 2. The number of hydrogen-bond donors (Lipinski definition) is 1. The first-order chi connectivity index (χ1) is 12.4. The summed E-state index contributed by atoms with van der Waals surface area (Å²) in [5, 5.41) is 3.05. The molecular formula is C19H24N2O4S. The maximum atomic E-state index is 12.7. The van der Waals surface area contributed by atoms with Crippen molar-refractivity contribution in [2.75, 3.05) is 18.8 Å². The second-order valence-electron chi connectivity index (χ2n) is 6.86. The number of nitrogens with zero attached hydrogens (tertiary/aromatic N) is 1. The highest BCUT2D eigenvalue weighted by Gasteiger charge is 2.31. The predicted molar refractivity (Wildman–Crippen MR) is 98.1 cm³/mol. The number of amides is 2. The molecule has 7 heteroatoms. The average Bonchev–Trinajstić information content (AvgIpc) is 2.78. The van der Waals surface area contributed by atoms with Crippen LogP contribution in [0.1, 0.15) is 37.3 Å². The molecule has 1 unspecified atom stereocenters. The highest BCUT2D eigenvalue weighted by atomic mass is 32.2. The van der Waals surface area contributed by atoms with Crippen molar-refractivity contribution >= 4 is 21.7 Å². The van der Waals surface area contributed by atoms with E-state index in [1.165, 1.54) is 6.08 Å². The van der Waals surface area contributed by atoms with Crippen molar-refractivity contribution in [2.45, 2.75) is 36.6 Å². The van der Waals surface area contributed by atoms with Gasteiger partial charge in [0.25, 0.3) is 0 Å². The van der Waals surface area contributed by atoms with Crippen LogP contribution in [0.5, 0.6) is 0 Å². The minimum absolute atomic E-state index is 0.0604. The third kappa shape index (κ3) is 3.82. The molecule has 0 saturated carbocycles. The summed E-state index contributed by atoms with van der Waals surface area (Å²) >= 11 is 0. The van der Waals surface area contributed by atoms with Crippen LogP contribution in [-0.2, 0) is 19.4 Å². The van der Waals surface area contributed by atoms with Crippen molar-refractivity contribution in [3.05, 3.63) is 42.5 Å². The van der Waals surface area contributed by atoms with Gasteiger partial charge in [-0.25, -0.2) is 8.42 Å². The quantitative estimate of drug-likeness (QED) is 0.816. The second-order valence-corrected chi connectivity index (χ2v) is 8.94. The minimum Gasteiger partial charge on any atom is -0.349 e. The van der Waals surface area contributed by atoms with Gasteiger partial charge in [-0.3, -0.25) is 9.59 Å². The van der Waals surface area contributed by atoms with Crippen LogP contribution in [0.4, 0.5) is 0 Å². The van der Waals surface area contributed by atoms with Gasteiger partial charge in [0, 0.05) is 19.0 Å². The Hall–Kier alpha value is -2.15. The molecule has 0 spiro atoms. The molecule has 1 aromatic carbocycles. The molecule has 3 rings (SSSR count). The first kappa shape index (κ1) is 18.6. The summed E-state index contributed by atoms with van der Waals surface area (Å²) in [4.78, 5) is 26.4. The molecule has 1 fully saturated rings. The summed E-state index contributed by atoms with van der Waals surface area (Å²) < 4.78 is 24.8. The molecule has 2 aliphatic rings. The van der Waals surface area contributed by atoms with E-state index in [1.54, 1.807) is 29.2 Å². The molecule has 1 atom stereocenters. The lowest BCUT2D eigenvalue weighted by Crippen LogP contribution is -2.43. The zero-order valence-electron chi connectivity index (χ0n) is 14.7. The van der Waals surface area contributed by atoms with E-state index in [1.807, 2.05) is 0 Å². The van der Waals surface area contributed by atoms with Gasteiger partial charge in [-0.15, -0.1) is 0 Å². The minimum atomic E-state index is -3.30. The van der Waals surface area contributed by atoms with Crippen molar-refractivity contribution in [3.8, 4) is 0 Å². The van der Waals surface area contributed by atoms with Gasteiger partial charge in [-0.1, -0.05) is 24.8 Å². The summed E-state index contributed by atoms with van der Waals surface area (Å²) in [6, 6.07) is 6.64. The largest absolute Gasteiger partial charge is 0.349 e. The van der Waals surface area contributed by atoms with Gasteiger partial charge in [0.15, 0.2) is 9.84 Å². The van der Waals surface area contributed by atoms with Crippen LogP contribution in [0.3, 0.4) is 0 Å². The van der Waals surface area contributed by atoms with Crippen LogP contribution in [-0.4, -0.2) is 44.0 Å². The van der Waals surface area contributed by atoms with Crippen molar-refractivity contribution in [2.24, 2.45) is 5.92 Å². The van der Waals surface area contributed by atoms with Gasteiger partial charge in [0.2, 0.25) is 11.8 Å². The van der Waals surface area contributed by atoms with E-state index >= 15 is 0 Å². The number of hydrogen-bond acceptors (Lipinski definition) is 4. The van der Waals surface area contributed by atoms with Crippen LogP contribution >= 0.6 is 0 Å². The Kier molecular flexibility index (Phi) is 5.46. The molecule has 1 aromatic rings. The molecule has 26 heavy (non-hydrogen) atoms. The maximum absolute atomic E-state index is 12.7.